The van der Waals surface area contributed by atoms with Gasteiger partial charge in [-0.1, -0.05) is 29.8 Å². The Balaban J connectivity index is 1.47. The third-order valence-corrected chi connectivity index (χ3v) is 4.77. The van der Waals surface area contributed by atoms with Gasteiger partial charge in [0.1, 0.15) is 17.8 Å². The lowest BCUT2D eigenvalue weighted by molar-refractivity contribution is -0.140. The first-order valence-corrected chi connectivity index (χ1v) is 8.68. The molecule has 0 aromatic heterocycles. The molecule has 1 N–H and O–H groups in total. The summed E-state index contributed by atoms with van der Waals surface area (Å²) in [5, 5.41) is 2.66. The highest BCUT2D eigenvalue weighted by atomic mass is 16.7. The van der Waals surface area contributed by atoms with Crippen molar-refractivity contribution < 1.29 is 28.6 Å². The molecule has 1 atom stereocenters. The SMILES string of the molecule is Cc1ccc([C@]2(C)NC(=O)N(CC(=O)Oc3ccc4c(c3)OCO4)C2=O)cc1. The van der Waals surface area contributed by atoms with Crippen molar-refractivity contribution in [1.29, 1.82) is 0 Å². The molecule has 1 fully saturated rings. The zero-order valence-corrected chi connectivity index (χ0v) is 15.4. The van der Waals surface area contributed by atoms with E-state index in [0.717, 1.165) is 10.5 Å². The van der Waals surface area contributed by atoms with Crippen LogP contribution in [0.1, 0.15) is 18.1 Å². The van der Waals surface area contributed by atoms with Gasteiger partial charge in [-0.15, -0.1) is 0 Å². The molecule has 144 valence electrons. The monoisotopic (exact) mass is 382 g/mol. The number of fused-ring (bicyclic) bond motifs is 1. The highest BCUT2D eigenvalue weighted by molar-refractivity contribution is 6.08. The van der Waals surface area contributed by atoms with E-state index < -0.39 is 30.0 Å². The molecule has 4 rings (SSSR count). The van der Waals surface area contributed by atoms with Crippen LogP contribution in [0.15, 0.2) is 42.5 Å². The summed E-state index contributed by atoms with van der Waals surface area (Å²) >= 11 is 0. The van der Waals surface area contributed by atoms with Crippen molar-refractivity contribution in [2.75, 3.05) is 13.3 Å². The fraction of sp³-hybridized carbons (Fsp3) is 0.250. The van der Waals surface area contributed by atoms with Gasteiger partial charge in [0.2, 0.25) is 6.79 Å². The normalized spacial score (nSPS) is 20.3. The average molecular weight is 382 g/mol. The number of nitrogens with one attached hydrogen (secondary N) is 1. The molecule has 0 unspecified atom stereocenters. The first-order chi connectivity index (χ1) is 13.4. The van der Waals surface area contributed by atoms with Crippen molar-refractivity contribution >= 4 is 17.9 Å². The molecule has 3 amide bonds. The molecule has 0 radical (unpaired) electrons. The molecule has 0 aliphatic carbocycles. The van der Waals surface area contributed by atoms with Crippen LogP contribution >= 0.6 is 0 Å². The molecular formula is C20H18N2O6. The van der Waals surface area contributed by atoms with Gasteiger partial charge in [0.05, 0.1) is 0 Å². The van der Waals surface area contributed by atoms with Crippen molar-refractivity contribution in [3.63, 3.8) is 0 Å². The van der Waals surface area contributed by atoms with Gasteiger partial charge in [-0.3, -0.25) is 9.69 Å². The number of hydrogen-bond acceptors (Lipinski definition) is 6. The number of benzene rings is 2. The minimum absolute atomic E-state index is 0.104. The van der Waals surface area contributed by atoms with Gasteiger partial charge in [0.15, 0.2) is 11.5 Å². The number of nitrogens with zero attached hydrogens (tertiary/aromatic N) is 1. The largest absolute Gasteiger partial charge is 0.454 e. The van der Waals surface area contributed by atoms with Crippen LogP contribution in [0.5, 0.6) is 17.2 Å². The van der Waals surface area contributed by atoms with Gasteiger partial charge < -0.3 is 19.5 Å². The van der Waals surface area contributed by atoms with E-state index in [1.165, 1.54) is 6.07 Å². The van der Waals surface area contributed by atoms with E-state index in [1.807, 2.05) is 19.1 Å². The predicted octanol–water partition coefficient (Wildman–Crippen LogP) is 2.10. The van der Waals surface area contributed by atoms with Crippen LogP contribution in [-0.4, -0.2) is 36.1 Å². The van der Waals surface area contributed by atoms with Crippen LogP contribution < -0.4 is 19.5 Å². The van der Waals surface area contributed by atoms with E-state index in [-0.39, 0.29) is 12.5 Å². The summed E-state index contributed by atoms with van der Waals surface area (Å²) in [6.45, 7) is 3.15. The molecule has 0 spiro atoms. The topological polar surface area (TPSA) is 94.2 Å². The summed E-state index contributed by atoms with van der Waals surface area (Å²) in [4.78, 5) is 38.3. The number of esters is 1. The second-order valence-electron chi connectivity index (χ2n) is 6.80. The maximum Gasteiger partial charge on any atom is 0.331 e. The molecule has 0 saturated carbocycles. The van der Waals surface area contributed by atoms with Crippen molar-refractivity contribution in [3.8, 4) is 17.2 Å². The molecule has 1 saturated heterocycles. The number of aryl methyl sites for hydroxylation is 1. The molecule has 28 heavy (non-hydrogen) atoms. The number of imide groups is 1. The van der Waals surface area contributed by atoms with E-state index in [4.69, 9.17) is 14.2 Å². The Morgan fingerprint density at radius 3 is 2.61 bits per heavy atom. The van der Waals surface area contributed by atoms with Gasteiger partial charge in [-0.2, -0.15) is 0 Å². The minimum atomic E-state index is -1.23. The fourth-order valence-electron chi connectivity index (χ4n) is 3.16. The van der Waals surface area contributed by atoms with Crippen LogP contribution in [-0.2, 0) is 15.1 Å². The van der Waals surface area contributed by atoms with E-state index in [1.54, 1.807) is 31.2 Å². The second kappa shape index (κ2) is 6.56. The van der Waals surface area contributed by atoms with Crippen molar-refractivity contribution in [2.24, 2.45) is 0 Å². The average Bonchev–Trinajstić information content (AvgIpc) is 3.21. The van der Waals surface area contributed by atoms with Crippen LogP contribution in [0, 0.1) is 6.92 Å². The first kappa shape index (κ1) is 17.8. The summed E-state index contributed by atoms with van der Waals surface area (Å²) in [6.07, 6.45) is 0. The Hall–Kier alpha value is -3.55. The van der Waals surface area contributed by atoms with Crippen LogP contribution in [0.2, 0.25) is 0 Å². The smallest absolute Gasteiger partial charge is 0.331 e. The number of carbonyl (C=O) groups is 3. The number of hydrogen-bond donors (Lipinski definition) is 1. The predicted molar refractivity (Wildman–Crippen MR) is 97.0 cm³/mol. The summed E-state index contributed by atoms with van der Waals surface area (Å²) in [5.41, 5.74) is 0.445. The maximum absolute atomic E-state index is 12.9. The highest BCUT2D eigenvalue weighted by Crippen LogP contribution is 2.35. The van der Waals surface area contributed by atoms with E-state index in [9.17, 15) is 14.4 Å². The molecule has 2 heterocycles. The lowest BCUT2D eigenvalue weighted by Gasteiger charge is -2.22. The molecule has 2 aliphatic heterocycles. The van der Waals surface area contributed by atoms with Crippen molar-refractivity contribution in [1.82, 2.24) is 10.2 Å². The Bertz CT molecular complexity index is 971. The van der Waals surface area contributed by atoms with Crippen LogP contribution in [0.25, 0.3) is 0 Å². The number of rotatable bonds is 4. The van der Waals surface area contributed by atoms with E-state index >= 15 is 0 Å². The Kier molecular flexibility index (Phi) is 4.18. The number of ether oxygens (including phenoxy) is 3. The Morgan fingerprint density at radius 2 is 1.86 bits per heavy atom. The maximum atomic E-state index is 12.9. The van der Waals surface area contributed by atoms with Crippen LogP contribution in [0.4, 0.5) is 4.79 Å². The number of carbonyl (C=O) groups excluding carboxylic acids is 3. The zero-order valence-electron chi connectivity index (χ0n) is 15.4. The molecule has 2 aromatic rings. The lowest BCUT2D eigenvalue weighted by atomic mass is 9.91. The number of amides is 3. The van der Waals surface area contributed by atoms with Crippen molar-refractivity contribution in [2.45, 2.75) is 19.4 Å². The molecule has 0 bridgehead atoms. The molecule has 8 heteroatoms. The van der Waals surface area contributed by atoms with E-state index in [2.05, 4.69) is 5.32 Å². The van der Waals surface area contributed by atoms with Gasteiger partial charge in [0.25, 0.3) is 5.91 Å². The molecule has 2 aliphatic rings. The Morgan fingerprint density at radius 1 is 1.14 bits per heavy atom. The third kappa shape index (κ3) is 3.02. The van der Waals surface area contributed by atoms with Crippen LogP contribution in [0.3, 0.4) is 0 Å². The first-order valence-electron chi connectivity index (χ1n) is 8.68. The summed E-state index contributed by atoms with van der Waals surface area (Å²) in [6, 6.07) is 11.3. The molecule has 2 aromatic carbocycles. The minimum Gasteiger partial charge on any atom is -0.454 e. The fourth-order valence-corrected chi connectivity index (χ4v) is 3.16. The van der Waals surface area contributed by atoms with E-state index in [0.29, 0.717) is 17.1 Å². The lowest BCUT2D eigenvalue weighted by Crippen LogP contribution is -2.41. The van der Waals surface area contributed by atoms with Gasteiger partial charge in [-0.05, 0) is 31.5 Å². The van der Waals surface area contributed by atoms with Gasteiger partial charge in [0, 0.05) is 6.07 Å². The zero-order chi connectivity index (χ0) is 19.9. The standard InChI is InChI=1S/C20H18N2O6/c1-12-3-5-13(6-4-12)20(2)18(24)22(19(25)21-20)10-17(23)28-14-7-8-15-16(9-14)27-11-26-15/h3-9H,10-11H2,1-2H3,(H,21,25)/t20-/m0/s1. The summed E-state index contributed by atoms with van der Waals surface area (Å²) in [5.74, 6) is 0.0112. The van der Waals surface area contributed by atoms with Gasteiger partial charge >= 0.3 is 12.0 Å². The summed E-state index contributed by atoms with van der Waals surface area (Å²) < 4.78 is 15.7. The quantitative estimate of drug-likeness (QED) is 0.494. The third-order valence-electron chi connectivity index (χ3n) is 4.77. The number of urea groups is 1. The highest BCUT2D eigenvalue weighted by Gasteiger charge is 2.49. The molecular weight excluding hydrogens is 364 g/mol. The summed E-state index contributed by atoms with van der Waals surface area (Å²) in [7, 11) is 0. The Labute approximate surface area is 161 Å². The van der Waals surface area contributed by atoms with Crippen molar-refractivity contribution in [3.05, 3.63) is 53.6 Å². The second-order valence-corrected chi connectivity index (χ2v) is 6.80. The molecule has 8 nitrogen and oxygen atoms in total. The van der Waals surface area contributed by atoms with Gasteiger partial charge in [-0.25, -0.2) is 9.59 Å².